The molecule has 6 aromatic heterocycles. The van der Waals surface area contributed by atoms with E-state index in [0.29, 0.717) is 35.2 Å². The molecular formula is C102H66N10. The first-order valence-electron chi connectivity index (χ1n) is 37.7. The van der Waals surface area contributed by atoms with Crippen molar-refractivity contribution >= 4 is 87.2 Å². The van der Waals surface area contributed by atoms with E-state index < -0.39 is 0 Å². The Bertz CT molecular complexity index is 7240. The van der Waals surface area contributed by atoms with Gasteiger partial charge in [-0.15, -0.1) is 0 Å². The molecule has 22 aromatic rings. The van der Waals surface area contributed by atoms with Gasteiger partial charge in [-0.3, -0.25) is 9.13 Å². The third-order valence-electron chi connectivity index (χ3n) is 21.6. The zero-order valence-corrected chi connectivity index (χ0v) is 60.6. The molecule has 0 spiro atoms. The Balaban J connectivity index is 0.000000141. The Morgan fingerprint density at radius 3 is 0.688 bits per heavy atom. The molecule has 10 nitrogen and oxygen atoms in total. The molecule has 524 valence electrons. The summed E-state index contributed by atoms with van der Waals surface area (Å²) in [6.07, 6.45) is 0. The van der Waals surface area contributed by atoms with Crippen molar-refractivity contribution < 1.29 is 0 Å². The van der Waals surface area contributed by atoms with E-state index in [1.165, 1.54) is 48.9 Å². The van der Waals surface area contributed by atoms with E-state index in [0.717, 1.165) is 116 Å². The highest BCUT2D eigenvalue weighted by atomic mass is 15.2. The first kappa shape index (κ1) is 65.1. The molecule has 0 saturated carbocycles. The highest BCUT2D eigenvalue weighted by molar-refractivity contribution is 6.30. The van der Waals surface area contributed by atoms with Crippen LogP contribution in [0.4, 0.5) is 0 Å². The third-order valence-corrected chi connectivity index (χ3v) is 21.6. The fraction of sp³-hybridized carbons (Fsp3) is 0. The highest BCUT2D eigenvalue weighted by Crippen LogP contribution is 2.45. The van der Waals surface area contributed by atoms with Crippen LogP contribution in [0.25, 0.3) is 201 Å². The molecule has 0 amide bonds. The van der Waals surface area contributed by atoms with Crippen LogP contribution in [0.5, 0.6) is 0 Å². The Labute approximate surface area is 645 Å². The molecule has 6 heterocycles. The van der Waals surface area contributed by atoms with Gasteiger partial charge in [0, 0.05) is 76.7 Å². The molecule has 0 saturated heterocycles. The molecular weight excluding hydrogens is 1370 g/mol. The number of hydrogen-bond donors (Lipinski definition) is 0. The molecule has 22 rings (SSSR count). The fourth-order valence-electron chi connectivity index (χ4n) is 16.5. The van der Waals surface area contributed by atoms with E-state index in [1.807, 2.05) is 24.3 Å². The van der Waals surface area contributed by atoms with Gasteiger partial charge in [-0.25, -0.2) is 9.97 Å². The molecule has 0 atom stereocenters. The largest absolute Gasteiger partial charge is 0.309 e. The molecule has 0 N–H and O–H groups in total. The van der Waals surface area contributed by atoms with Crippen molar-refractivity contribution in [3.8, 4) is 113 Å². The molecule has 0 radical (unpaired) electrons. The van der Waals surface area contributed by atoms with Crippen LogP contribution in [0.2, 0.25) is 0 Å². The fourth-order valence-corrected chi connectivity index (χ4v) is 16.5. The molecule has 0 aliphatic heterocycles. The Hall–Kier alpha value is -15.3. The lowest BCUT2D eigenvalue weighted by Crippen LogP contribution is -2.06. The molecule has 16 aromatic carbocycles. The van der Waals surface area contributed by atoms with Gasteiger partial charge in [0.1, 0.15) is 0 Å². The number of rotatable bonds is 12. The van der Waals surface area contributed by atoms with E-state index >= 15 is 0 Å². The Morgan fingerprint density at radius 1 is 0.143 bits per heavy atom. The van der Waals surface area contributed by atoms with Crippen molar-refractivity contribution in [2.24, 2.45) is 0 Å². The summed E-state index contributed by atoms with van der Waals surface area (Å²) >= 11 is 0. The summed E-state index contributed by atoms with van der Waals surface area (Å²) in [5, 5.41) is 9.45. The SMILES string of the molecule is c1ccc(-c2ccc(-c3nc(-c4cccc(-c5ccccc5)c4)nc(-n4c5ccccc5c5c6c7ccccc7n(-c7ccccc7)c6ccc54)n3)cc2)cc1.c1ccc(-c2cccc(-c3nc(-c4cccc(-c5ccccc5)c4)nc(-n4c5ccccc5c5c6c7ccccc7n(-c7ccccc7)c6ccc54)n3)c2)cc1. The van der Waals surface area contributed by atoms with Crippen LogP contribution in [0.3, 0.4) is 0 Å². The summed E-state index contributed by atoms with van der Waals surface area (Å²) in [5.74, 6) is 3.59. The van der Waals surface area contributed by atoms with Crippen LogP contribution in [-0.2, 0) is 0 Å². The van der Waals surface area contributed by atoms with Crippen molar-refractivity contribution in [1.29, 1.82) is 0 Å². The van der Waals surface area contributed by atoms with E-state index in [1.54, 1.807) is 0 Å². The molecule has 10 heteroatoms. The maximum atomic E-state index is 5.32. The number of nitrogens with zero attached hydrogens (tertiary/aromatic N) is 10. The molecule has 0 unspecified atom stereocenters. The van der Waals surface area contributed by atoms with Gasteiger partial charge in [0.15, 0.2) is 23.3 Å². The van der Waals surface area contributed by atoms with Crippen molar-refractivity contribution in [3.63, 3.8) is 0 Å². The van der Waals surface area contributed by atoms with Gasteiger partial charge in [0.05, 0.1) is 44.1 Å². The van der Waals surface area contributed by atoms with Crippen molar-refractivity contribution in [3.05, 3.63) is 400 Å². The molecule has 112 heavy (non-hydrogen) atoms. The van der Waals surface area contributed by atoms with Crippen molar-refractivity contribution in [1.82, 2.24) is 48.2 Å². The second-order valence-electron chi connectivity index (χ2n) is 28.1. The van der Waals surface area contributed by atoms with Gasteiger partial charge >= 0.3 is 0 Å². The van der Waals surface area contributed by atoms with Crippen molar-refractivity contribution in [2.45, 2.75) is 0 Å². The van der Waals surface area contributed by atoms with Gasteiger partial charge in [0.2, 0.25) is 11.9 Å². The normalized spacial score (nSPS) is 11.6. The van der Waals surface area contributed by atoms with Gasteiger partial charge in [-0.05, 0) is 136 Å². The minimum atomic E-state index is 0.567. The first-order valence-corrected chi connectivity index (χ1v) is 37.7. The van der Waals surface area contributed by atoms with Crippen molar-refractivity contribution in [2.75, 3.05) is 0 Å². The summed E-state index contributed by atoms with van der Waals surface area (Å²) in [4.78, 5) is 31.6. The number of aromatic nitrogens is 10. The summed E-state index contributed by atoms with van der Waals surface area (Å²) in [6, 6.07) is 140. The lowest BCUT2D eigenvalue weighted by molar-refractivity contribution is 0.953. The van der Waals surface area contributed by atoms with E-state index in [9.17, 15) is 0 Å². The average molecular weight is 1430 g/mol. The standard InChI is InChI=1S/2C51H33N5/c1-4-16-34(17-5-1)36-20-14-22-38(32-36)49-52-50(39-23-15-21-37(33-39)35-18-6-2-7-19-35)54-51(53-49)56-44-29-13-11-27-42(44)48-46(56)31-30-45-47(48)41-26-10-12-28-43(41)55(45)40-24-8-3-9-25-40;1-4-15-34(16-5-1)36-27-29-37(30-28-36)49-52-50(39-20-14-19-38(33-39)35-17-6-2-7-18-35)54-51(53-49)56-44-26-13-11-24-42(44)48-46(56)32-31-45-47(48)41-23-10-12-25-43(41)55(45)40-21-8-3-9-22-40/h2*1-33H. The smallest absolute Gasteiger partial charge is 0.238 e. The number of fused-ring (bicyclic) bond motifs is 14. The number of hydrogen-bond acceptors (Lipinski definition) is 6. The van der Waals surface area contributed by atoms with Crippen LogP contribution < -0.4 is 0 Å². The maximum absolute atomic E-state index is 5.32. The van der Waals surface area contributed by atoms with Gasteiger partial charge in [-0.2, -0.15) is 19.9 Å². The van der Waals surface area contributed by atoms with Gasteiger partial charge in [-0.1, -0.05) is 309 Å². The van der Waals surface area contributed by atoms with E-state index in [4.69, 9.17) is 29.9 Å². The second kappa shape index (κ2) is 27.5. The lowest BCUT2D eigenvalue weighted by atomic mass is 10.0. The minimum absolute atomic E-state index is 0.567. The Morgan fingerprint density at radius 2 is 0.366 bits per heavy atom. The summed E-state index contributed by atoms with van der Waals surface area (Å²) in [5.41, 5.74) is 23.8. The van der Waals surface area contributed by atoms with E-state index in [2.05, 4.69) is 394 Å². The zero-order chi connectivity index (χ0) is 74.0. The van der Waals surface area contributed by atoms with Gasteiger partial charge in [0.25, 0.3) is 0 Å². The van der Waals surface area contributed by atoms with Crippen LogP contribution in [0.1, 0.15) is 0 Å². The highest BCUT2D eigenvalue weighted by Gasteiger charge is 2.26. The second-order valence-corrected chi connectivity index (χ2v) is 28.1. The topological polar surface area (TPSA) is 97.1 Å². The van der Waals surface area contributed by atoms with E-state index in [-0.39, 0.29) is 0 Å². The number of para-hydroxylation sites is 6. The predicted octanol–water partition coefficient (Wildman–Crippen LogP) is 25.5. The quantitative estimate of drug-likeness (QED) is 0.121. The molecule has 0 fully saturated rings. The predicted molar refractivity (Wildman–Crippen MR) is 460 cm³/mol. The molecule has 0 aliphatic rings. The van der Waals surface area contributed by atoms with Crippen LogP contribution in [0, 0.1) is 0 Å². The average Bonchev–Trinajstić information content (AvgIpc) is 1.55. The summed E-state index contributed by atoms with van der Waals surface area (Å²) in [6.45, 7) is 0. The third kappa shape index (κ3) is 11.4. The van der Waals surface area contributed by atoms with Crippen LogP contribution >= 0.6 is 0 Å². The Kier molecular flexibility index (Phi) is 16.0. The minimum Gasteiger partial charge on any atom is -0.309 e. The van der Waals surface area contributed by atoms with Crippen LogP contribution in [-0.4, -0.2) is 48.2 Å². The monoisotopic (exact) mass is 1430 g/mol. The zero-order valence-electron chi connectivity index (χ0n) is 60.6. The first-order chi connectivity index (χ1) is 55.6. The summed E-state index contributed by atoms with van der Waals surface area (Å²) < 4.78 is 9.17. The summed E-state index contributed by atoms with van der Waals surface area (Å²) in [7, 11) is 0. The number of benzene rings is 16. The molecule has 0 bridgehead atoms. The lowest BCUT2D eigenvalue weighted by Gasteiger charge is -2.12. The van der Waals surface area contributed by atoms with Gasteiger partial charge < -0.3 is 9.13 Å². The maximum Gasteiger partial charge on any atom is 0.238 e. The van der Waals surface area contributed by atoms with Crippen LogP contribution in [0.15, 0.2) is 400 Å². The molecule has 0 aliphatic carbocycles.